The summed E-state index contributed by atoms with van der Waals surface area (Å²) in [6.07, 6.45) is 1.71. The maximum atomic E-state index is 13.0. The first-order valence-electron chi connectivity index (χ1n) is 10.6. The van der Waals surface area contributed by atoms with Crippen LogP contribution in [0.15, 0.2) is 66.7 Å². The predicted molar refractivity (Wildman–Crippen MR) is 123 cm³/mol. The number of anilines is 2. The van der Waals surface area contributed by atoms with E-state index in [9.17, 15) is 9.59 Å². The predicted octanol–water partition coefficient (Wildman–Crippen LogP) is 5.24. The Bertz CT molecular complexity index is 1090. The summed E-state index contributed by atoms with van der Waals surface area (Å²) < 4.78 is 5.43. The summed E-state index contributed by atoms with van der Waals surface area (Å²) >= 11 is 0. The molecule has 0 aliphatic carbocycles. The van der Waals surface area contributed by atoms with Gasteiger partial charge in [0, 0.05) is 29.0 Å². The normalized spacial score (nSPS) is 12.8. The summed E-state index contributed by atoms with van der Waals surface area (Å²) in [4.78, 5) is 27.6. The third-order valence-electron chi connectivity index (χ3n) is 5.43. The summed E-state index contributed by atoms with van der Waals surface area (Å²) in [5, 5.41) is 2.92. The quantitative estimate of drug-likeness (QED) is 0.621. The molecule has 0 aromatic heterocycles. The molecule has 1 heterocycles. The van der Waals surface area contributed by atoms with Crippen molar-refractivity contribution in [3.63, 3.8) is 0 Å². The number of carbonyl (C=O) groups is 2. The van der Waals surface area contributed by atoms with Crippen molar-refractivity contribution in [2.75, 3.05) is 23.4 Å². The molecular formula is C26H26N2O3. The Balaban J connectivity index is 1.51. The Labute approximate surface area is 182 Å². The number of rotatable bonds is 5. The molecule has 1 aliphatic rings. The van der Waals surface area contributed by atoms with Crippen molar-refractivity contribution in [2.24, 2.45) is 0 Å². The van der Waals surface area contributed by atoms with Crippen LogP contribution >= 0.6 is 0 Å². The maximum absolute atomic E-state index is 13.0. The molecule has 5 heteroatoms. The smallest absolute Gasteiger partial charge is 0.258 e. The van der Waals surface area contributed by atoms with E-state index >= 15 is 0 Å². The molecule has 0 saturated carbocycles. The average Bonchev–Trinajstić information content (AvgIpc) is 2.80. The SMILES string of the molecule is CCOc1ccc(NC(=O)c2ccc3c(c2)CCCN3C(=O)c2ccc(C)cc2)cc1. The Morgan fingerprint density at radius 3 is 2.39 bits per heavy atom. The number of hydrogen-bond donors (Lipinski definition) is 1. The number of hydrogen-bond acceptors (Lipinski definition) is 3. The molecule has 4 rings (SSSR count). The first-order valence-corrected chi connectivity index (χ1v) is 10.6. The van der Waals surface area contributed by atoms with Crippen LogP contribution in [-0.4, -0.2) is 25.0 Å². The largest absolute Gasteiger partial charge is 0.494 e. The van der Waals surface area contributed by atoms with Crippen molar-refractivity contribution in [1.29, 1.82) is 0 Å². The van der Waals surface area contributed by atoms with Gasteiger partial charge < -0.3 is 15.0 Å². The minimum absolute atomic E-state index is 0.00691. The van der Waals surface area contributed by atoms with Crippen LogP contribution in [0.25, 0.3) is 0 Å². The molecule has 1 N–H and O–H groups in total. The van der Waals surface area contributed by atoms with Crippen LogP contribution in [0.4, 0.5) is 11.4 Å². The van der Waals surface area contributed by atoms with Gasteiger partial charge in [0.25, 0.3) is 11.8 Å². The van der Waals surface area contributed by atoms with Crippen molar-refractivity contribution in [3.8, 4) is 5.75 Å². The standard InChI is InChI=1S/C26H26N2O3/c1-3-31-23-13-11-22(12-14-23)27-25(29)21-10-15-24-20(17-21)5-4-16-28(24)26(30)19-8-6-18(2)7-9-19/h6-15,17H,3-5,16H2,1-2H3,(H,27,29). The molecule has 3 aromatic carbocycles. The molecule has 0 radical (unpaired) electrons. The number of ether oxygens (including phenoxy) is 1. The average molecular weight is 415 g/mol. The van der Waals surface area contributed by atoms with E-state index in [0.29, 0.717) is 30.0 Å². The van der Waals surface area contributed by atoms with Crippen LogP contribution in [0.2, 0.25) is 0 Å². The Morgan fingerprint density at radius 1 is 0.968 bits per heavy atom. The second-order valence-electron chi connectivity index (χ2n) is 7.68. The molecule has 3 aromatic rings. The third-order valence-corrected chi connectivity index (χ3v) is 5.43. The summed E-state index contributed by atoms with van der Waals surface area (Å²) in [5.41, 5.74) is 5.00. The fourth-order valence-electron chi connectivity index (χ4n) is 3.81. The molecule has 0 spiro atoms. The second kappa shape index (κ2) is 9.04. The Hall–Kier alpha value is -3.60. The minimum Gasteiger partial charge on any atom is -0.494 e. The van der Waals surface area contributed by atoms with Crippen LogP contribution in [-0.2, 0) is 6.42 Å². The van der Waals surface area contributed by atoms with Gasteiger partial charge >= 0.3 is 0 Å². The van der Waals surface area contributed by atoms with Crippen LogP contribution < -0.4 is 15.0 Å². The van der Waals surface area contributed by atoms with E-state index in [4.69, 9.17) is 4.74 Å². The monoisotopic (exact) mass is 414 g/mol. The summed E-state index contributed by atoms with van der Waals surface area (Å²) in [5.74, 6) is 0.592. The summed E-state index contributed by atoms with van der Waals surface area (Å²) in [7, 11) is 0. The molecule has 31 heavy (non-hydrogen) atoms. The minimum atomic E-state index is -0.172. The molecule has 0 atom stereocenters. The van der Waals surface area contributed by atoms with Crippen molar-refractivity contribution in [2.45, 2.75) is 26.7 Å². The first-order chi connectivity index (χ1) is 15.0. The van der Waals surface area contributed by atoms with Crippen molar-refractivity contribution < 1.29 is 14.3 Å². The molecular weight excluding hydrogens is 388 g/mol. The zero-order chi connectivity index (χ0) is 21.8. The van der Waals surface area contributed by atoms with Crippen molar-refractivity contribution in [1.82, 2.24) is 0 Å². The highest BCUT2D eigenvalue weighted by molar-refractivity contribution is 6.08. The number of nitrogens with zero attached hydrogens (tertiary/aromatic N) is 1. The van der Waals surface area contributed by atoms with Gasteiger partial charge in [0.05, 0.1) is 6.61 Å². The molecule has 1 aliphatic heterocycles. The van der Waals surface area contributed by atoms with Crippen LogP contribution in [0.3, 0.4) is 0 Å². The maximum Gasteiger partial charge on any atom is 0.258 e. The third kappa shape index (κ3) is 4.61. The molecule has 0 unspecified atom stereocenters. The van der Waals surface area contributed by atoms with Crippen LogP contribution in [0.5, 0.6) is 5.75 Å². The number of carbonyl (C=O) groups excluding carboxylic acids is 2. The van der Waals surface area contributed by atoms with E-state index in [0.717, 1.165) is 35.4 Å². The van der Waals surface area contributed by atoms with Gasteiger partial charge in [-0.05, 0) is 86.8 Å². The number of benzene rings is 3. The Kier molecular flexibility index (Phi) is 6.03. The zero-order valence-electron chi connectivity index (χ0n) is 17.9. The lowest BCUT2D eigenvalue weighted by atomic mass is 9.98. The van der Waals surface area contributed by atoms with Gasteiger partial charge in [0.2, 0.25) is 0 Å². The van der Waals surface area contributed by atoms with E-state index in [1.54, 1.807) is 6.07 Å². The lowest BCUT2D eigenvalue weighted by Crippen LogP contribution is -2.35. The van der Waals surface area contributed by atoms with Gasteiger partial charge in [-0.1, -0.05) is 17.7 Å². The molecule has 0 saturated heterocycles. The Morgan fingerprint density at radius 2 is 1.68 bits per heavy atom. The highest BCUT2D eigenvalue weighted by atomic mass is 16.5. The lowest BCUT2D eigenvalue weighted by Gasteiger charge is -2.30. The number of aryl methyl sites for hydroxylation is 2. The fourth-order valence-corrected chi connectivity index (χ4v) is 3.81. The van der Waals surface area contributed by atoms with Gasteiger partial charge in [-0.3, -0.25) is 9.59 Å². The topological polar surface area (TPSA) is 58.6 Å². The van der Waals surface area contributed by atoms with Crippen LogP contribution in [0, 0.1) is 6.92 Å². The van der Waals surface area contributed by atoms with E-state index in [1.807, 2.05) is 79.4 Å². The van der Waals surface area contributed by atoms with Gasteiger partial charge in [-0.25, -0.2) is 0 Å². The highest BCUT2D eigenvalue weighted by Crippen LogP contribution is 2.30. The number of nitrogens with one attached hydrogen (secondary N) is 1. The number of amides is 2. The molecule has 5 nitrogen and oxygen atoms in total. The number of fused-ring (bicyclic) bond motifs is 1. The van der Waals surface area contributed by atoms with E-state index < -0.39 is 0 Å². The zero-order valence-corrected chi connectivity index (χ0v) is 17.9. The second-order valence-corrected chi connectivity index (χ2v) is 7.68. The summed E-state index contributed by atoms with van der Waals surface area (Å²) in [6.45, 7) is 5.22. The fraction of sp³-hybridized carbons (Fsp3) is 0.231. The van der Waals surface area contributed by atoms with Crippen LogP contribution in [0.1, 0.15) is 45.2 Å². The molecule has 0 fully saturated rings. The molecule has 2 amide bonds. The summed E-state index contributed by atoms with van der Waals surface area (Å²) in [6, 6.07) is 20.5. The van der Waals surface area contributed by atoms with Gasteiger partial charge in [-0.15, -0.1) is 0 Å². The first kappa shape index (κ1) is 20.7. The van der Waals surface area contributed by atoms with E-state index in [2.05, 4.69) is 5.32 Å². The van der Waals surface area contributed by atoms with E-state index in [-0.39, 0.29) is 11.8 Å². The lowest BCUT2D eigenvalue weighted by molar-refractivity contribution is 0.0984. The van der Waals surface area contributed by atoms with Gasteiger partial charge in [-0.2, -0.15) is 0 Å². The highest BCUT2D eigenvalue weighted by Gasteiger charge is 2.24. The molecule has 0 bridgehead atoms. The van der Waals surface area contributed by atoms with Gasteiger partial charge in [0.15, 0.2) is 0 Å². The van der Waals surface area contributed by atoms with E-state index in [1.165, 1.54) is 0 Å². The van der Waals surface area contributed by atoms with Gasteiger partial charge in [0.1, 0.15) is 5.75 Å². The molecule has 158 valence electrons. The van der Waals surface area contributed by atoms with Crippen molar-refractivity contribution in [3.05, 3.63) is 89.0 Å². The van der Waals surface area contributed by atoms with Crippen molar-refractivity contribution >= 4 is 23.2 Å².